The van der Waals surface area contributed by atoms with Gasteiger partial charge < -0.3 is 4.98 Å². The number of thiophene rings is 1. The molecular formula is C23H23ClN8OS. The van der Waals surface area contributed by atoms with E-state index >= 15 is 0 Å². The lowest BCUT2D eigenvalue weighted by atomic mass is 9.99. The molecule has 0 radical (unpaired) electrons. The van der Waals surface area contributed by atoms with E-state index in [4.69, 9.17) is 16.6 Å². The Labute approximate surface area is 205 Å². The van der Waals surface area contributed by atoms with Crippen molar-refractivity contribution < 1.29 is 4.79 Å². The molecule has 1 amide bonds. The number of carbonyl (C=O) groups is 1. The van der Waals surface area contributed by atoms with Crippen LogP contribution in [0.2, 0.25) is 5.02 Å². The van der Waals surface area contributed by atoms with Crippen molar-refractivity contribution in [2.75, 3.05) is 4.90 Å². The van der Waals surface area contributed by atoms with Crippen LogP contribution in [0, 0.1) is 13.8 Å². The standard InChI is InChI=1S/C23H23ClN8OS/c1-12-13(2)34-23-20(12)21(15-4-6-16(24)7-5-15)28-17(22-31-29-14(3)32(22)23)10-19(33)30-27-11-18-25-8-9-26-18/h4-9,11,17,22,31H,10H2,1-3H3,(H,25,26)(H,30,33)/b27-11+/t17-,22?/m0/s1. The molecule has 5 rings (SSSR count). The normalized spacial score (nSPS) is 19.2. The number of hydrazone groups is 2. The maximum absolute atomic E-state index is 12.8. The lowest BCUT2D eigenvalue weighted by Crippen LogP contribution is -2.48. The summed E-state index contributed by atoms with van der Waals surface area (Å²) in [6, 6.07) is 7.23. The third kappa shape index (κ3) is 4.10. The van der Waals surface area contributed by atoms with Crippen LogP contribution in [0.5, 0.6) is 0 Å². The number of rotatable bonds is 5. The van der Waals surface area contributed by atoms with Gasteiger partial charge in [-0.05, 0) is 38.5 Å². The molecule has 4 heterocycles. The van der Waals surface area contributed by atoms with Crippen LogP contribution >= 0.6 is 22.9 Å². The summed E-state index contributed by atoms with van der Waals surface area (Å²) in [5.74, 6) is 1.14. The number of fused-ring (bicyclic) bond motifs is 3. The van der Waals surface area contributed by atoms with Crippen LogP contribution in [0.1, 0.15) is 40.7 Å². The van der Waals surface area contributed by atoms with E-state index in [1.165, 1.54) is 16.7 Å². The third-order valence-electron chi connectivity index (χ3n) is 5.87. The van der Waals surface area contributed by atoms with Gasteiger partial charge in [0.15, 0.2) is 0 Å². The number of benzene rings is 1. The minimum absolute atomic E-state index is 0.122. The fourth-order valence-corrected chi connectivity index (χ4v) is 5.46. The molecule has 0 bridgehead atoms. The average molecular weight is 495 g/mol. The summed E-state index contributed by atoms with van der Waals surface area (Å²) in [7, 11) is 0. The van der Waals surface area contributed by atoms with Gasteiger partial charge in [0.2, 0.25) is 5.91 Å². The van der Waals surface area contributed by atoms with Gasteiger partial charge in [-0.25, -0.2) is 10.4 Å². The second-order valence-corrected chi connectivity index (χ2v) is 9.73. The first-order valence-electron chi connectivity index (χ1n) is 10.8. The van der Waals surface area contributed by atoms with Gasteiger partial charge in [-0.1, -0.05) is 23.7 Å². The SMILES string of the molecule is CC1=NNC2[C@H](CC(=O)N/N=C/c3ncc[nH]3)N=C(c3ccc(Cl)cc3)c3c(sc(C)c3C)N12. The summed E-state index contributed by atoms with van der Waals surface area (Å²) in [4.78, 5) is 28.3. The molecule has 0 aliphatic carbocycles. The Morgan fingerprint density at radius 3 is 2.82 bits per heavy atom. The Morgan fingerprint density at radius 1 is 1.29 bits per heavy atom. The molecule has 2 aromatic heterocycles. The highest BCUT2D eigenvalue weighted by Crippen LogP contribution is 2.42. The minimum Gasteiger partial charge on any atom is -0.344 e. The number of aromatic nitrogens is 2. The molecule has 11 heteroatoms. The third-order valence-corrected chi connectivity index (χ3v) is 7.33. The Bertz CT molecular complexity index is 1310. The van der Waals surface area contributed by atoms with Crippen molar-refractivity contribution >= 4 is 51.6 Å². The molecule has 1 unspecified atom stereocenters. The number of H-pyrrole nitrogens is 1. The first-order valence-corrected chi connectivity index (χ1v) is 12.0. The van der Waals surface area contributed by atoms with E-state index < -0.39 is 6.04 Å². The fourth-order valence-electron chi connectivity index (χ4n) is 4.10. The quantitative estimate of drug-likeness (QED) is 0.372. The van der Waals surface area contributed by atoms with E-state index in [2.05, 4.69) is 49.8 Å². The Hall–Kier alpha value is -3.50. The smallest absolute Gasteiger partial charge is 0.242 e. The van der Waals surface area contributed by atoms with Gasteiger partial charge in [-0.15, -0.1) is 11.3 Å². The number of hydrogen-bond donors (Lipinski definition) is 3. The Morgan fingerprint density at radius 2 is 2.09 bits per heavy atom. The summed E-state index contributed by atoms with van der Waals surface area (Å²) in [5, 5.41) is 10.2. The highest BCUT2D eigenvalue weighted by molar-refractivity contribution is 7.17. The van der Waals surface area contributed by atoms with E-state index in [-0.39, 0.29) is 18.5 Å². The highest BCUT2D eigenvalue weighted by Gasteiger charge is 2.40. The van der Waals surface area contributed by atoms with E-state index in [9.17, 15) is 4.79 Å². The van der Waals surface area contributed by atoms with Gasteiger partial charge in [-0.3, -0.25) is 20.1 Å². The molecule has 3 N–H and O–H groups in total. The van der Waals surface area contributed by atoms with E-state index in [1.807, 2.05) is 31.2 Å². The molecule has 2 atom stereocenters. The minimum atomic E-state index is -0.412. The molecule has 1 aromatic carbocycles. The van der Waals surface area contributed by atoms with E-state index in [1.54, 1.807) is 23.7 Å². The number of aryl methyl sites for hydroxylation is 1. The van der Waals surface area contributed by atoms with Crippen molar-refractivity contribution in [1.29, 1.82) is 0 Å². The average Bonchev–Trinajstić information content (AvgIpc) is 3.51. The molecule has 9 nitrogen and oxygen atoms in total. The second-order valence-electron chi connectivity index (χ2n) is 8.09. The van der Waals surface area contributed by atoms with Crippen LogP contribution in [0.25, 0.3) is 0 Å². The van der Waals surface area contributed by atoms with Gasteiger partial charge in [0.05, 0.1) is 18.3 Å². The van der Waals surface area contributed by atoms with Crippen LogP contribution in [0.4, 0.5) is 5.00 Å². The second kappa shape index (κ2) is 9.03. The molecular weight excluding hydrogens is 472 g/mol. The summed E-state index contributed by atoms with van der Waals surface area (Å²) in [5.41, 5.74) is 9.79. The largest absolute Gasteiger partial charge is 0.344 e. The van der Waals surface area contributed by atoms with Gasteiger partial charge in [0.1, 0.15) is 28.9 Å². The van der Waals surface area contributed by atoms with Gasteiger partial charge in [0, 0.05) is 33.4 Å². The maximum atomic E-state index is 12.8. The number of amides is 1. The number of carbonyl (C=O) groups excluding carboxylic acids is 1. The zero-order valence-electron chi connectivity index (χ0n) is 18.8. The summed E-state index contributed by atoms with van der Waals surface area (Å²) < 4.78 is 0. The molecule has 0 saturated carbocycles. The predicted molar refractivity (Wildman–Crippen MR) is 136 cm³/mol. The fraction of sp³-hybridized carbons (Fsp3) is 0.261. The van der Waals surface area contributed by atoms with Crippen molar-refractivity contribution in [2.45, 2.75) is 39.4 Å². The van der Waals surface area contributed by atoms with Gasteiger partial charge in [0.25, 0.3) is 0 Å². The Kier molecular flexibility index (Phi) is 5.93. The first kappa shape index (κ1) is 22.3. The van der Waals surface area contributed by atoms with Crippen molar-refractivity contribution in [3.63, 3.8) is 0 Å². The molecule has 0 saturated heterocycles. The van der Waals surface area contributed by atoms with Crippen molar-refractivity contribution in [3.05, 3.63) is 69.1 Å². The maximum Gasteiger partial charge on any atom is 0.242 e. The van der Waals surface area contributed by atoms with Gasteiger partial charge >= 0.3 is 0 Å². The van der Waals surface area contributed by atoms with Crippen LogP contribution in [-0.2, 0) is 4.79 Å². The van der Waals surface area contributed by atoms with Crippen molar-refractivity contribution in [1.82, 2.24) is 20.8 Å². The van der Waals surface area contributed by atoms with Crippen LogP contribution in [0.15, 0.2) is 51.9 Å². The molecule has 0 fully saturated rings. The van der Waals surface area contributed by atoms with Crippen LogP contribution in [0.3, 0.4) is 0 Å². The number of amidine groups is 1. The lowest BCUT2D eigenvalue weighted by Gasteiger charge is -2.27. The number of imidazole rings is 1. The van der Waals surface area contributed by atoms with E-state index in [0.717, 1.165) is 27.7 Å². The van der Waals surface area contributed by atoms with Crippen molar-refractivity contribution in [2.24, 2.45) is 15.2 Å². The number of anilines is 1. The zero-order chi connectivity index (χ0) is 23.8. The summed E-state index contributed by atoms with van der Waals surface area (Å²) >= 11 is 7.86. The first-order chi connectivity index (χ1) is 16.4. The number of halogens is 1. The van der Waals surface area contributed by atoms with E-state index in [0.29, 0.717) is 10.8 Å². The predicted octanol–water partition coefficient (Wildman–Crippen LogP) is 3.57. The number of aliphatic imine (C=N–C) groups is 1. The monoisotopic (exact) mass is 494 g/mol. The van der Waals surface area contributed by atoms with Crippen molar-refractivity contribution in [3.8, 4) is 0 Å². The topological polar surface area (TPSA) is 110 Å². The van der Waals surface area contributed by atoms with Crippen LogP contribution in [-0.4, -0.2) is 45.8 Å². The summed E-state index contributed by atoms with van der Waals surface area (Å²) in [6.45, 7) is 6.18. The number of hydrogen-bond acceptors (Lipinski definition) is 8. The van der Waals surface area contributed by atoms with Crippen LogP contribution < -0.4 is 15.8 Å². The number of aromatic amines is 1. The Balaban J connectivity index is 1.52. The molecule has 174 valence electrons. The molecule has 2 aliphatic heterocycles. The van der Waals surface area contributed by atoms with Gasteiger partial charge in [-0.2, -0.15) is 10.2 Å². The number of nitrogens with one attached hydrogen (secondary N) is 3. The molecule has 2 aliphatic rings. The molecule has 3 aromatic rings. The molecule has 0 spiro atoms. The zero-order valence-corrected chi connectivity index (χ0v) is 20.4. The lowest BCUT2D eigenvalue weighted by molar-refractivity contribution is -0.121. The molecule has 34 heavy (non-hydrogen) atoms. The summed E-state index contributed by atoms with van der Waals surface area (Å²) in [6.07, 6.45) is 4.60. The highest BCUT2D eigenvalue weighted by atomic mass is 35.5. The number of nitrogens with zero attached hydrogens (tertiary/aromatic N) is 5.